The molecule has 0 spiro atoms. The lowest BCUT2D eigenvalue weighted by Crippen LogP contribution is -2.45. The van der Waals surface area contributed by atoms with E-state index in [-0.39, 0.29) is 11.9 Å². The molecule has 100 valence electrons. The Morgan fingerprint density at radius 3 is 2.67 bits per heavy atom. The van der Waals surface area contributed by atoms with E-state index < -0.39 is 6.67 Å². The fraction of sp³-hybridized carbons (Fsp3) is 0.538. The Kier molecular flexibility index (Phi) is 4.92. The van der Waals surface area contributed by atoms with E-state index in [0.717, 1.165) is 31.7 Å². The average molecular weight is 275 g/mol. The molecular formula is C13H17ClF2N2. The monoisotopic (exact) mass is 274 g/mol. The minimum Gasteiger partial charge on any atom is -0.314 e. The molecule has 1 aliphatic rings. The summed E-state index contributed by atoms with van der Waals surface area (Å²) in [6.07, 6.45) is 0.394. The van der Waals surface area contributed by atoms with Crippen LogP contribution in [0.3, 0.4) is 0 Å². The fourth-order valence-electron chi connectivity index (χ4n) is 2.40. The molecule has 0 aromatic heterocycles. The van der Waals surface area contributed by atoms with Gasteiger partial charge >= 0.3 is 0 Å². The summed E-state index contributed by atoms with van der Waals surface area (Å²) in [5.41, 5.74) is 0.817. The smallest absolute Gasteiger partial charge is 0.124 e. The Bertz CT molecular complexity index is 395. The molecule has 0 unspecified atom stereocenters. The first-order valence-corrected chi connectivity index (χ1v) is 6.56. The van der Waals surface area contributed by atoms with E-state index >= 15 is 0 Å². The zero-order valence-corrected chi connectivity index (χ0v) is 10.9. The summed E-state index contributed by atoms with van der Waals surface area (Å²) in [6, 6.07) is 4.28. The normalized spacial score (nSPS) is 18.8. The van der Waals surface area contributed by atoms with Gasteiger partial charge in [0.2, 0.25) is 0 Å². The number of piperazine rings is 1. The third-order valence-electron chi connectivity index (χ3n) is 3.30. The summed E-state index contributed by atoms with van der Waals surface area (Å²) in [5, 5.41) is 3.64. The first-order valence-electron chi connectivity index (χ1n) is 6.18. The lowest BCUT2D eigenvalue weighted by molar-refractivity contribution is 0.157. The average Bonchev–Trinajstić information content (AvgIpc) is 2.38. The molecule has 0 bridgehead atoms. The summed E-state index contributed by atoms with van der Waals surface area (Å²) in [7, 11) is 0. The molecule has 1 aromatic rings. The Morgan fingerprint density at radius 1 is 1.33 bits per heavy atom. The molecule has 1 heterocycles. The predicted octanol–water partition coefficient (Wildman–Crippen LogP) is 2.79. The standard InChI is InChI=1S/C13H17ClF2N2/c14-12-9-10(16)1-2-11(12)13(3-4-15)18-7-5-17-6-8-18/h1-2,9,13,17H,3-8H2/t13-/m0/s1. The van der Waals surface area contributed by atoms with Crippen molar-refractivity contribution in [3.8, 4) is 0 Å². The SMILES string of the molecule is FCC[C@@H](c1ccc(F)cc1Cl)N1CCNCC1. The van der Waals surface area contributed by atoms with Crippen LogP contribution in [0.15, 0.2) is 18.2 Å². The summed E-state index contributed by atoms with van der Waals surface area (Å²) in [5.74, 6) is -0.358. The highest BCUT2D eigenvalue weighted by molar-refractivity contribution is 6.31. The minimum atomic E-state index is -0.400. The van der Waals surface area contributed by atoms with E-state index in [1.807, 2.05) is 0 Å². The van der Waals surface area contributed by atoms with E-state index in [0.29, 0.717) is 11.4 Å². The number of hydrogen-bond acceptors (Lipinski definition) is 2. The molecule has 0 amide bonds. The maximum atomic E-state index is 13.1. The number of halogens is 3. The second-order valence-electron chi connectivity index (χ2n) is 4.45. The van der Waals surface area contributed by atoms with Crippen LogP contribution in [0.2, 0.25) is 5.02 Å². The molecule has 1 aromatic carbocycles. The van der Waals surface area contributed by atoms with Crippen LogP contribution in [0.1, 0.15) is 18.0 Å². The summed E-state index contributed by atoms with van der Waals surface area (Å²) in [6.45, 7) is 3.10. The fourth-order valence-corrected chi connectivity index (χ4v) is 2.70. The Morgan fingerprint density at radius 2 is 2.06 bits per heavy atom. The van der Waals surface area contributed by atoms with Crippen LogP contribution in [-0.4, -0.2) is 37.8 Å². The molecule has 1 N–H and O–H groups in total. The maximum absolute atomic E-state index is 13.1. The highest BCUT2D eigenvalue weighted by atomic mass is 35.5. The molecule has 5 heteroatoms. The number of alkyl halides is 1. The van der Waals surface area contributed by atoms with Gasteiger partial charge in [0.05, 0.1) is 6.67 Å². The highest BCUT2D eigenvalue weighted by Crippen LogP contribution is 2.31. The first-order chi connectivity index (χ1) is 8.72. The van der Waals surface area contributed by atoms with Crippen LogP contribution in [0.4, 0.5) is 8.78 Å². The lowest BCUT2D eigenvalue weighted by atomic mass is 10.0. The van der Waals surface area contributed by atoms with Crippen molar-refractivity contribution >= 4 is 11.6 Å². The van der Waals surface area contributed by atoms with E-state index in [1.165, 1.54) is 12.1 Å². The van der Waals surface area contributed by atoms with Crippen LogP contribution in [0.25, 0.3) is 0 Å². The van der Waals surface area contributed by atoms with E-state index in [2.05, 4.69) is 10.2 Å². The van der Waals surface area contributed by atoms with Crippen molar-refractivity contribution in [1.29, 1.82) is 0 Å². The largest absolute Gasteiger partial charge is 0.314 e. The molecule has 0 radical (unpaired) electrons. The van der Waals surface area contributed by atoms with Crippen LogP contribution >= 0.6 is 11.6 Å². The Labute approximate surface area is 111 Å². The van der Waals surface area contributed by atoms with Gasteiger partial charge in [-0.15, -0.1) is 0 Å². The molecular weight excluding hydrogens is 258 g/mol. The van der Waals surface area contributed by atoms with Gasteiger partial charge in [-0.1, -0.05) is 17.7 Å². The van der Waals surface area contributed by atoms with Gasteiger partial charge in [-0.3, -0.25) is 9.29 Å². The maximum Gasteiger partial charge on any atom is 0.124 e. The summed E-state index contributed by atoms with van der Waals surface area (Å²) in [4.78, 5) is 2.20. The third-order valence-corrected chi connectivity index (χ3v) is 3.62. The van der Waals surface area contributed by atoms with Gasteiger partial charge in [0, 0.05) is 37.2 Å². The molecule has 1 fully saturated rings. The van der Waals surface area contributed by atoms with Crippen LogP contribution < -0.4 is 5.32 Å². The quantitative estimate of drug-likeness (QED) is 0.908. The van der Waals surface area contributed by atoms with Crippen molar-refractivity contribution < 1.29 is 8.78 Å². The van der Waals surface area contributed by atoms with E-state index in [1.54, 1.807) is 6.07 Å². The Hall–Kier alpha value is -0.710. The lowest BCUT2D eigenvalue weighted by Gasteiger charge is -2.35. The summed E-state index contributed by atoms with van der Waals surface area (Å²) >= 11 is 6.07. The first kappa shape index (κ1) is 13.7. The van der Waals surface area contributed by atoms with Gasteiger partial charge in [-0.25, -0.2) is 4.39 Å². The van der Waals surface area contributed by atoms with Crippen molar-refractivity contribution in [3.05, 3.63) is 34.6 Å². The van der Waals surface area contributed by atoms with E-state index in [9.17, 15) is 8.78 Å². The van der Waals surface area contributed by atoms with Gasteiger partial charge in [0.1, 0.15) is 5.82 Å². The highest BCUT2D eigenvalue weighted by Gasteiger charge is 2.23. The number of rotatable bonds is 4. The number of hydrogen-bond donors (Lipinski definition) is 1. The van der Waals surface area contributed by atoms with Crippen LogP contribution in [0, 0.1) is 5.82 Å². The van der Waals surface area contributed by atoms with Gasteiger partial charge in [0.25, 0.3) is 0 Å². The van der Waals surface area contributed by atoms with Crippen LogP contribution in [-0.2, 0) is 0 Å². The van der Waals surface area contributed by atoms with Gasteiger partial charge in [-0.2, -0.15) is 0 Å². The second-order valence-corrected chi connectivity index (χ2v) is 4.85. The van der Waals surface area contributed by atoms with Crippen LogP contribution in [0.5, 0.6) is 0 Å². The topological polar surface area (TPSA) is 15.3 Å². The van der Waals surface area contributed by atoms with Crippen molar-refractivity contribution in [2.45, 2.75) is 12.5 Å². The molecule has 1 atom stereocenters. The van der Waals surface area contributed by atoms with E-state index in [4.69, 9.17) is 11.6 Å². The molecule has 0 saturated carbocycles. The zero-order chi connectivity index (χ0) is 13.0. The van der Waals surface area contributed by atoms with Crippen molar-refractivity contribution in [2.75, 3.05) is 32.9 Å². The van der Waals surface area contributed by atoms with Crippen molar-refractivity contribution in [1.82, 2.24) is 10.2 Å². The van der Waals surface area contributed by atoms with Gasteiger partial charge in [0.15, 0.2) is 0 Å². The molecule has 1 saturated heterocycles. The van der Waals surface area contributed by atoms with Gasteiger partial charge in [-0.05, 0) is 24.1 Å². The molecule has 2 nitrogen and oxygen atoms in total. The van der Waals surface area contributed by atoms with Gasteiger partial charge < -0.3 is 5.32 Å². The zero-order valence-electron chi connectivity index (χ0n) is 10.1. The molecule has 18 heavy (non-hydrogen) atoms. The Balaban J connectivity index is 2.22. The summed E-state index contributed by atoms with van der Waals surface area (Å²) < 4.78 is 25.8. The number of nitrogens with zero attached hydrogens (tertiary/aromatic N) is 1. The van der Waals surface area contributed by atoms with Crippen molar-refractivity contribution in [2.24, 2.45) is 0 Å². The molecule has 1 aliphatic heterocycles. The predicted molar refractivity (Wildman–Crippen MR) is 69.2 cm³/mol. The molecule has 0 aliphatic carbocycles. The van der Waals surface area contributed by atoms with Crippen molar-refractivity contribution in [3.63, 3.8) is 0 Å². The minimum absolute atomic E-state index is 0.0646. The number of benzene rings is 1. The number of nitrogens with one attached hydrogen (secondary N) is 1. The second kappa shape index (κ2) is 6.45. The third kappa shape index (κ3) is 3.19. The molecule has 2 rings (SSSR count).